The van der Waals surface area contributed by atoms with Gasteiger partial charge in [0.25, 0.3) is 0 Å². The van der Waals surface area contributed by atoms with Gasteiger partial charge in [-0.1, -0.05) is 78.9 Å². The first-order chi connectivity index (χ1) is 14.8. The first-order valence-electron chi connectivity index (χ1n) is 10.1. The lowest BCUT2D eigenvalue weighted by Gasteiger charge is -2.10. The van der Waals surface area contributed by atoms with E-state index in [9.17, 15) is 0 Å². The Labute approximate surface area is 175 Å². The van der Waals surface area contributed by atoms with Crippen LogP contribution in [0.4, 0.5) is 5.82 Å². The van der Waals surface area contributed by atoms with Crippen LogP contribution in [0.2, 0.25) is 0 Å². The fraction of sp³-hybridized carbons (Fsp3) is 0.0769. The zero-order valence-electron chi connectivity index (χ0n) is 16.8. The average molecular weight is 390 g/mol. The number of anilines is 1. The molecule has 5 aromatic rings. The molecule has 0 atom stereocenters. The number of hydrogen-bond acceptors (Lipinski definition) is 3. The summed E-state index contributed by atoms with van der Waals surface area (Å²) in [5.41, 5.74) is 6.69. The van der Waals surface area contributed by atoms with E-state index in [-0.39, 0.29) is 0 Å². The summed E-state index contributed by atoms with van der Waals surface area (Å²) in [6.07, 6.45) is 3.81. The Morgan fingerprint density at radius 2 is 1.50 bits per heavy atom. The van der Waals surface area contributed by atoms with Crippen molar-refractivity contribution >= 4 is 16.9 Å². The van der Waals surface area contributed by atoms with Gasteiger partial charge < -0.3 is 9.88 Å². The van der Waals surface area contributed by atoms with Gasteiger partial charge in [-0.3, -0.25) is 0 Å². The number of rotatable bonds is 5. The highest BCUT2D eigenvalue weighted by Crippen LogP contribution is 2.35. The van der Waals surface area contributed by atoms with Crippen molar-refractivity contribution in [1.29, 1.82) is 0 Å². The molecule has 0 aliphatic carbocycles. The third-order valence-corrected chi connectivity index (χ3v) is 5.35. The minimum Gasteiger partial charge on any atom is -0.365 e. The molecule has 3 aromatic carbocycles. The zero-order valence-corrected chi connectivity index (χ0v) is 16.8. The standard InChI is InChI=1S/C26H22N4/c1-19-10-8-9-15-23(19)30-17-22(21-13-6-3-7-14-21)24-25(28-18-29-26(24)30)27-16-20-11-4-2-5-12-20/h2-15,17-18H,16H2,1H3,(H,27,28,29). The lowest BCUT2D eigenvalue weighted by Crippen LogP contribution is -2.03. The summed E-state index contributed by atoms with van der Waals surface area (Å²) in [6.45, 7) is 2.83. The van der Waals surface area contributed by atoms with E-state index in [4.69, 9.17) is 0 Å². The van der Waals surface area contributed by atoms with Crippen molar-refractivity contribution in [3.63, 3.8) is 0 Å². The normalized spacial score (nSPS) is 11.0. The molecule has 4 nitrogen and oxygen atoms in total. The van der Waals surface area contributed by atoms with Crippen molar-refractivity contribution < 1.29 is 0 Å². The molecule has 4 heteroatoms. The van der Waals surface area contributed by atoms with Gasteiger partial charge in [-0.05, 0) is 29.7 Å². The van der Waals surface area contributed by atoms with Crippen molar-refractivity contribution in [3.8, 4) is 16.8 Å². The molecule has 0 fully saturated rings. The zero-order chi connectivity index (χ0) is 20.3. The van der Waals surface area contributed by atoms with Crippen LogP contribution in [0.25, 0.3) is 27.8 Å². The van der Waals surface area contributed by atoms with Crippen LogP contribution in [-0.2, 0) is 6.54 Å². The van der Waals surface area contributed by atoms with Crippen molar-refractivity contribution in [2.24, 2.45) is 0 Å². The van der Waals surface area contributed by atoms with E-state index < -0.39 is 0 Å². The van der Waals surface area contributed by atoms with E-state index >= 15 is 0 Å². The summed E-state index contributed by atoms with van der Waals surface area (Å²) >= 11 is 0. The Hall–Kier alpha value is -3.92. The van der Waals surface area contributed by atoms with E-state index in [0.717, 1.165) is 33.7 Å². The van der Waals surface area contributed by atoms with E-state index in [2.05, 4.69) is 106 Å². The summed E-state index contributed by atoms with van der Waals surface area (Å²) < 4.78 is 2.17. The molecule has 0 saturated heterocycles. The average Bonchev–Trinajstić information content (AvgIpc) is 3.19. The molecule has 1 N–H and O–H groups in total. The second kappa shape index (κ2) is 7.84. The van der Waals surface area contributed by atoms with Crippen LogP contribution in [0.5, 0.6) is 0 Å². The van der Waals surface area contributed by atoms with Crippen molar-refractivity contribution in [2.75, 3.05) is 5.32 Å². The molecular weight excluding hydrogens is 368 g/mol. The summed E-state index contributed by atoms with van der Waals surface area (Å²) in [7, 11) is 0. The van der Waals surface area contributed by atoms with Gasteiger partial charge in [-0.25, -0.2) is 9.97 Å². The van der Waals surface area contributed by atoms with Crippen LogP contribution in [0.3, 0.4) is 0 Å². The topological polar surface area (TPSA) is 42.7 Å². The van der Waals surface area contributed by atoms with Gasteiger partial charge >= 0.3 is 0 Å². The Bertz CT molecular complexity index is 1290. The molecule has 0 bridgehead atoms. The molecule has 0 unspecified atom stereocenters. The minimum atomic E-state index is 0.705. The lowest BCUT2D eigenvalue weighted by atomic mass is 10.1. The Morgan fingerprint density at radius 1 is 0.800 bits per heavy atom. The number of aryl methyl sites for hydroxylation is 1. The molecule has 0 aliphatic heterocycles. The second-order valence-corrected chi connectivity index (χ2v) is 7.33. The molecule has 30 heavy (non-hydrogen) atoms. The number of hydrogen-bond donors (Lipinski definition) is 1. The van der Waals surface area contributed by atoms with Gasteiger partial charge in [0.2, 0.25) is 0 Å². The predicted molar refractivity (Wildman–Crippen MR) is 123 cm³/mol. The predicted octanol–water partition coefficient (Wildman–Crippen LogP) is 6.01. The summed E-state index contributed by atoms with van der Waals surface area (Å²) in [5, 5.41) is 4.56. The first kappa shape index (κ1) is 18.1. The van der Waals surface area contributed by atoms with Gasteiger partial charge in [0, 0.05) is 24.0 Å². The van der Waals surface area contributed by atoms with Gasteiger partial charge in [-0.2, -0.15) is 0 Å². The highest BCUT2D eigenvalue weighted by Gasteiger charge is 2.17. The molecule has 5 rings (SSSR count). The summed E-state index contributed by atoms with van der Waals surface area (Å²) in [6, 6.07) is 29.2. The monoisotopic (exact) mass is 390 g/mol. The van der Waals surface area contributed by atoms with E-state index in [1.807, 2.05) is 12.1 Å². The first-order valence-corrected chi connectivity index (χ1v) is 10.1. The number of nitrogens with zero attached hydrogens (tertiary/aromatic N) is 3. The van der Waals surface area contributed by atoms with Crippen LogP contribution < -0.4 is 5.32 Å². The number of aromatic nitrogens is 3. The van der Waals surface area contributed by atoms with Gasteiger partial charge in [-0.15, -0.1) is 0 Å². The van der Waals surface area contributed by atoms with E-state index in [1.54, 1.807) is 6.33 Å². The van der Waals surface area contributed by atoms with E-state index in [1.165, 1.54) is 11.1 Å². The molecule has 2 aromatic heterocycles. The number of nitrogens with one attached hydrogen (secondary N) is 1. The van der Waals surface area contributed by atoms with Crippen molar-refractivity contribution in [2.45, 2.75) is 13.5 Å². The summed E-state index contributed by atoms with van der Waals surface area (Å²) in [4.78, 5) is 9.27. The molecule has 0 spiro atoms. The van der Waals surface area contributed by atoms with Crippen LogP contribution in [0.1, 0.15) is 11.1 Å². The van der Waals surface area contributed by atoms with Gasteiger partial charge in [0.15, 0.2) is 5.65 Å². The van der Waals surface area contributed by atoms with Crippen molar-refractivity contribution in [3.05, 3.63) is 109 Å². The molecule has 0 amide bonds. The Morgan fingerprint density at radius 3 is 2.27 bits per heavy atom. The SMILES string of the molecule is Cc1ccccc1-n1cc(-c2ccccc2)c2c(NCc3ccccc3)ncnc21. The third kappa shape index (κ3) is 3.33. The highest BCUT2D eigenvalue weighted by atomic mass is 15.1. The summed E-state index contributed by atoms with van der Waals surface area (Å²) in [5.74, 6) is 0.843. The van der Waals surface area contributed by atoms with Gasteiger partial charge in [0.1, 0.15) is 12.1 Å². The molecule has 2 heterocycles. The Balaban J connectivity index is 1.69. The molecule has 0 aliphatic rings. The maximum atomic E-state index is 4.67. The fourth-order valence-corrected chi connectivity index (χ4v) is 3.83. The second-order valence-electron chi connectivity index (χ2n) is 7.33. The number of fused-ring (bicyclic) bond motifs is 1. The van der Waals surface area contributed by atoms with Crippen LogP contribution in [0.15, 0.2) is 97.5 Å². The van der Waals surface area contributed by atoms with E-state index in [0.29, 0.717) is 6.54 Å². The molecule has 146 valence electrons. The quantitative estimate of drug-likeness (QED) is 0.400. The largest absolute Gasteiger partial charge is 0.365 e. The molecule has 0 radical (unpaired) electrons. The highest BCUT2D eigenvalue weighted by molar-refractivity contribution is 6.02. The third-order valence-electron chi connectivity index (χ3n) is 5.35. The molecule has 0 saturated carbocycles. The maximum absolute atomic E-state index is 4.67. The molecular formula is C26H22N4. The van der Waals surface area contributed by atoms with Gasteiger partial charge in [0.05, 0.1) is 5.39 Å². The fourth-order valence-electron chi connectivity index (χ4n) is 3.83. The van der Waals surface area contributed by atoms with Crippen LogP contribution in [0, 0.1) is 6.92 Å². The Kier molecular flexibility index (Phi) is 4.74. The van der Waals surface area contributed by atoms with Crippen LogP contribution in [-0.4, -0.2) is 14.5 Å². The van der Waals surface area contributed by atoms with Crippen LogP contribution >= 0.6 is 0 Å². The lowest BCUT2D eigenvalue weighted by molar-refractivity contribution is 1.05. The number of para-hydroxylation sites is 1. The van der Waals surface area contributed by atoms with Crippen molar-refractivity contribution in [1.82, 2.24) is 14.5 Å². The minimum absolute atomic E-state index is 0.705. The number of benzene rings is 3. The maximum Gasteiger partial charge on any atom is 0.150 e. The smallest absolute Gasteiger partial charge is 0.150 e.